The lowest BCUT2D eigenvalue weighted by Crippen LogP contribution is -2.40. The van der Waals surface area contributed by atoms with E-state index < -0.39 is 4.92 Å². The third kappa shape index (κ3) is 4.35. The summed E-state index contributed by atoms with van der Waals surface area (Å²) in [4.78, 5) is 22.4. The zero-order valence-electron chi connectivity index (χ0n) is 12.5. The summed E-state index contributed by atoms with van der Waals surface area (Å²) in [6.45, 7) is 2.71. The maximum Gasteiger partial charge on any atom is 0.273 e. The smallest absolute Gasteiger partial charge is 0.273 e. The second-order valence-electron chi connectivity index (χ2n) is 4.87. The molecule has 1 aromatic rings. The van der Waals surface area contributed by atoms with Gasteiger partial charge in [0.05, 0.1) is 30.2 Å². The molecule has 1 aliphatic rings. The zero-order valence-corrected chi connectivity index (χ0v) is 13.3. The van der Waals surface area contributed by atoms with Gasteiger partial charge >= 0.3 is 0 Å². The lowest BCUT2D eigenvalue weighted by atomic mass is 10.1. The number of nitro benzene ring substituents is 1. The van der Waals surface area contributed by atoms with Crippen LogP contribution in [0.1, 0.15) is 10.4 Å². The van der Waals surface area contributed by atoms with Gasteiger partial charge < -0.3 is 15.4 Å². The number of hydrogen-bond acceptors (Lipinski definition) is 5. The lowest BCUT2D eigenvalue weighted by molar-refractivity contribution is -0.384. The molecule has 2 rings (SSSR count). The molecule has 7 nitrogen and oxygen atoms in total. The van der Waals surface area contributed by atoms with Crippen molar-refractivity contribution in [2.45, 2.75) is 0 Å². The molecule has 120 valence electrons. The summed E-state index contributed by atoms with van der Waals surface area (Å²) in [6, 6.07) is 4.01. The van der Waals surface area contributed by atoms with Gasteiger partial charge in [0.15, 0.2) is 0 Å². The fourth-order valence-electron chi connectivity index (χ4n) is 2.25. The van der Waals surface area contributed by atoms with Gasteiger partial charge in [-0.25, -0.2) is 0 Å². The Balaban J connectivity index is 1.92. The van der Waals surface area contributed by atoms with Crippen molar-refractivity contribution in [3.05, 3.63) is 33.9 Å². The predicted octanol–water partition coefficient (Wildman–Crippen LogP) is 0.555. The Morgan fingerprint density at radius 1 is 1.45 bits per heavy atom. The summed E-state index contributed by atoms with van der Waals surface area (Å²) < 4.78 is 5.08. The molecule has 22 heavy (non-hydrogen) atoms. The Morgan fingerprint density at radius 3 is 2.82 bits per heavy atom. The average molecular weight is 326 g/mol. The van der Waals surface area contributed by atoms with Gasteiger partial charge in [0.25, 0.3) is 11.6 Å². The number of methoxy groups -OCH3 is 1. The van der Waals surface area contributed by atoms with Crippen LogP contribution in [0, 0.1) is 10.1 Å². The number of hydrogen-bond donors (Lipinski definition) is 2. The van der Waals surface area contributed by atoms with E-state index in [1.807, 2.05) is 0 Å². The minimum Gasteiger partial charge on any atom is -0.496 e. The summed E-state index contributed by atoms with van der Waals surface area (Å²) in [5.74, 6) is 3.26. The van der Waals surface area contributed by atoms with Gasteiger partial charge in [0, 0.05) is 19.2 Å². The zero-order chi connectivity index (χ0) is 15.9. The summed E-state index contributed by atoms with van der Waals surface area (Å²) in [7, 11) is 1.76. The third-order valence-corrected chi connectivity index (χ3v) is 5.80. The van der Waals surface area contributed by atoms with Crippen LogP contribution >= 0.6 is 0 Å². The Kier molecular flexibility index (Phi) is 6.02. The highest BCUT2D eigenvalue weighted by Crippen LogP contribution is 2.24. The van der Waals surface area contributed by atoms with Crippen LogP contribution in [0.25, 0.3) is 0 Å². The molecule has 8 heteroatoms. The number of nitro groups is 1. The first kappa shape index (κ1) is 16.6. The number of carbonyl (C=O) groups excluding carboxylic acids is 1. The van der Waals surface area contributed by atoms with Crippen LogP contribution in [0.2, 0.25) is 0 Å². The number of ether oxygens (including phenoxy) is 1. The summed E-state index contributed by atoms with van der Waals surface area (Å²) in [5, 5.41) is 16.9. The van der Waals surface area contributed by atoms with Crippen molar-refractivity contribution < 1.29 is 14.5 Å². The van der Waals surface area contributed by atoms with Gasteiger partial charge in [-0.1, -0.05) is 0 Å². The second kappa shape index (κ2) is 8.00. The maximum atomic E-state index is 12.2. The van der Waals surface area contributed by atoms with E-state index in [0.29, 0.717) is 23.0 Å². The molecule has 0 spiro atoms. The molecule has 1 aromatic carbocycles. The summed E-state index contributed by atoms with van der Waals surface area (Å²) >= 11 is 0. The molecule has 1 fully saturated rings. The highest BCUT2D eigenvalue weighted by atomic mass is 32.2. The SMILES string of the molecule is COc1cc([N+](=O)[O-])ccc1C(=O)NCC[S+]1CCNCC1. The third-order valence-electron chi connectivity index (χ3n) is 3.45. The minimum atomic E-state index is -0.511. The molecule has 0 bridgehead atoms. The summed E-state index contributed by atoms with van der Waals surface area (Å²) in [6.07, 6.45) is 0. The van der Waals surface area contributed by atoms with E-state index in [1.54, 1.807) is 0 Å². The van der Waals surface area contributed by atoms with Gasteiger partial charge in [-0.15, -0.1) is 0 Å². The number of amides is 1. The van der Waals surface area contributed by atoms with Crippen LogP contribution in [-0.4, -0.2) is 54.8 Å². The monoisotopic (exact) mass is 326 g/mol. The van der Waals surface area contributed by atoms with Crippen molar-refractivity contribution >= 4 is 22.5 Å². The van der Waals surface area contributed by atoms with Gasteiger partial charge in [-0.3, -0.25) is 14.9 Å². The van der Waals surface area contributed by atoms with Gasteiger partial charge in [-0.05, 0) is 17.0 Å². The van der Waals surface area contributed by atoms with E-state index in [1.165, 1.54) is 25.3 Å². The van der Waals surface area contributed by atoms with Crippen LogP contribution in [0.5, 0.6) is 5.75 Å². The molecule has 0 saturated carbocycles. The van der Waals surface area contributed by atoms with Crippen molar-refractivity contribution in [1.82, 2.24) is 10.6 Å². The largest absolute Gasteiger partial charge is 0.496 e. The highest BCUT2D eigenvalue weighted by Gasteiger charge is 2.22. The fraction of sp³-hybridized carbons (Fsp3) is 0.500. The van der Waals surface area contributed by atoms with Crippen molar-refractivity contribution in [3.8, 4) is 5.75 Å². The number of nitrogens with zero attached hydrogens (tertiary/aromatic N) is 1. The number of carbonyl (C=O) groups is 1. The molecule has 0 unspecified atom stereocenters. The van der Waals surface area contributed by atoms with Crippen LogP contribution in [0.4, 0.5) is 5.69 Å². The Bertz CT molecular complexity index is 547. The molecule has 0 radical (unpaired) electrons. The van der Waals surface area contributed by atoms with E-state index in [0.717, 1.165) is 30.3 Å². The molecule has 0 atom stereocenters. The van der Waals surface area contributed by atoms with E-state index >= 15 is 0 Å². The Hall–Kier alpha value is -1.80. The normalized spacial score (nSPS) is 15.3. The van der Waals surface area contributed by atoms with Crippen LogP contribution in [-0.2, 0) is 10.9 Å². The minimum absolute atomic E-state index is 0.0930. The summed E-state index contributed by atoms with van der Waals surface area (Å²) in [5.41, 5.74) is 0.228. The van der Waals surface area contributed by atoms with Crippen LogP contribution in [0.15, 0.2) is 18.2 Å². The number of benzene rings is 1. The predicted molar refractivity (Wildman–Crippen MR) is 86.8 cm³/mol. The number of rotatable bonds is 6. The van der Waals surface area contributed by atoms with Crippen LogP contribution in [0.3, 0.4) is 0 Å². The van der Waals surface area contributed by atoms with Crippen molar-refractivity contribution in [2.75, 3.05) is 44.0 Å². The quantitative estimate of drug-likeness (QED) is 0.452. The fourth-order valence-corrected chi connectivity index (χ4v) is 4.12. The molecule has 1 amide bonds. The van der Waals surface area contributed by atoms with E-state index in [-0.39, 0.29) is 17.3 Å². The second-order valence-corrected chi connectivity index (χ2v) is 7.32. The first-order valence-corrected chi connectivity index (χ1v) is 8.80. The molecule has 0 aliphatic carbocycles. The number of non-ortho nitro benzene ring substituents is 1. The van der Waals surface area contributed by atoms with Gasteiger partial charge in [0.2, 0.25) is 0 Å². The lowest BCUT2D eigenvalue weighted by Gasteiger charge is -2.15. The molecule has 1 heterocycles. The molecular weight excluding hydrogens is 306 g/mol. The molecule has 1 saturated heterocycles. The topological polar surface area (TPSA) is 93.5 Å². The Labute approximate surface area is 131 Å². The average Bonchev–Trinajstić information content (AvgIpc) is 2.55. The van der Waals surface area contributed by atoms with Gasteiger partial charge in [-0.2, -0.15) is 0 Å². The number of nitrogens with one attached hydrogen (secondary N) is 2. The molecule has 2 N–H and O–H groups in total. The standard InChI is InChI=1S/C14H19N3O4S/c1-21-13-10-11(17(19)20)2-3-12(13)14(18)16-6-9-22-7-4-15-5-8-22/h2-3,10,15H,4-9H2,1H3/p+1. The van der Waals surface area contributed by atoms with E-state index in [2.05, 4.69) is 10.6 Å². The van der Waals surface area contributed by atoms with Crippen molar-refractivity contribution in [3.63, 3.8) is 0 Å². The van der Waals surface area contributed by atoms with Crippen molar-refractivity contribution in [2.24, 2.45) is 0 Å². The highest BCUT2D eigenvalue weighted by molar-refractivity contribution is 7.96. The maximum absolute atomic E-state index is 12.2. The first-order chi connectivity index (χ1) is 10.6. The van der Waals surface area contributed by atoms with E-state index in [4.69, 9.17) is 4.74 Å². The molecule has 0 aromatic heterocycles. The molecule has 1 aliphatic heterocycles. The van der Waals surface area contributed by atoms with Crippen molar-refractivity contribution in [1.29, 1.82) is 0 Å². The van der Waals surface area contributed by atoms with E-state index in [9.17, 15) is 14.9 Å². The Morgan fingerprint density at radius 2 is 2.18 bits per heavy atom. The molecular formula is C14H20N3O4S+. The van der Waals surface area contributed by atoms with Crippen LogP contribution < -0.4 is 15.4 Å². The van der Waals surface area contributed by atoms with Gasteiger partial charge in [0.1, 0.15) is 23.0 Å². The first-order valence-electron chi connectivity index (χ1n) is 7.07.